The van der Waals surface area contributed by atoms with Gasteiger partial charge >= 0.3 is 0 Å². The Morgan fingerprint density at radius 2 is 1.89 bits per heavy atom. The third-order valence-electron chi connectivity index (χ3n) is 2.82. The molecule has 1 heterocycles. The van der Waals surface area contributed by atoms with Gasteiger partial charge in [0, 0.05) is 13.1 Å². The lowest BCUT2D eigenvalue weighted by Crippen LogP contribution is -2.38. The molecule has 0 aliphatic carbocycles. The number of aromatic nitrogens is 2. The second kappa shape index (κ2) is 6.36. The van der Waals surface area contributed by atoms with Crippen molar-refractivity contribution in [2.75, 3.05) is 32.0 Å². The maximum absolute atomic E-state index is 12.0. The van der Waals surface area contributed by atoms with Crippen LogP contribution in [0.25, 0.3) is 0 Å². The molecule has 102 valence electrons. The number of anilines is 1. The second-order valence-corrected chi connectivity index (χ2v) is 4.07. The zero-order chi connectivity index (χ0) is 13.7. The molecule has 1 rings (SSSR count). The molecule has 1 aromatic rings. The minimum Gasteiger partial charge on any atom is -0.396 e. The van der Waals surface area contributed by atoms with Crippen molar-refractivity contribution in [1.82, 2.24) is 14.7 Å². The van der Waals surface area contributed by atoms with E-state index in [1.54, 1.807) is 13.8 Å². The zero-order valence-electron chi connectivity index (χ0n) is 10.8. The summed E-state index contributed by atoms with van der Waals surface area (Å²) in [6, 6.07) is 0. The fourth-order valence-electron chi connectivity index (χ4n) is 1.70. The van der Waals surface area contributed by atoms with E-state index in [1.807, 2.05) is 0 Å². The van der Waals surface area contributed by atoms with Crippen molar-refractivity contribution >= 4 is 11.6 Å². The number of carbonyl (C=O) groups excluding carboxylic acids is 1. The van der Waals surface area contributed by atoms with Crippen LogP contribution in [0.5, 0.6) is 0 Å². The van der Waals surface area contributed by atoms with Crippen LogP contribution < -0.4 is 5.73 Å². The Morgan fingerprint density at radius 3 is 2.28 bits per heavy atom. The monoisotopic (exact) mass is 256 g/mol. The Hall–Kier alpha value is -1.60. The first kappa shape index (κ1) is 14.5. The van der Waals surface area contributed by atoms with E-state index in [9.17, 15) is 4.79 Å². The summed E-state index contributed by atoms with van der Waals surface area (Å²) in [6.07, 6.45) is 0. The van der Waals surface area contributed by atoms with Crippen LogP contribution in [0.1, 0.15) is 11.4 Å². The number of nitrogens with zero attached hydrogens (tertiary/aromatic N) is 3. The van der Waals surface area contributed by atoms with E-state index in [-0.39, 0.29) is 38.8 Å². The van der Waals surface area contributed by atoms with Crippen LogP contribution in [0.4, 0.5) is 5.69 Å². The molecular formula is C11H20N4O3. The Balaban J connectivity index is 2.75. The van der Waals surface area contributed by atoms with Gasteiger partial charge in [0.25, 0.3) is 0 Å². The third kappa shape index (κ3) is 3.21. The molecular weight excluding hydrogens is 236 g/mol. The van der Waals surface area contributed by atoms with Gasteiger partial charge in [-0.15, -0.1) is 0 Å². The first-order valence-corrected chi connectivity index (χ1v) is 5.80. The molecule has 0 aliphatic rings. The number of nitrogen functional groups attached to an aromatic ring is 1. The van der Waals surface area contributed by atoms with Crippen LogP contribution in [0.2, 0.25) is 0 Å². The minimum absolute atomic E-state index is 0.0594. The van der Waals surface area contributed by atoms with Gasteiger partial charge in [0.1, 0.15) is 6.54 Å². The zero-order valence-corrected chi connectivity index (χ0v) is 10.8. The topological polar surface area (TPSA) is 105 Å². The van der Waals surface area contributed by atoms with E-state index in [4.69, 9.17) is 15.9 Å². The van der Waals surface area contributed by atoms with Crippen molar-refractivity contribution in [2.24, 2.45) is 0 Å². The standard InChI is InChI=1S/C11H20N4O3/c1-8-11(12)9(2)15(13-8)7-10(18)14(3-5-16)4-6-17/h16-17H,3-7,12H2,1-2H3. The van der Waals surface area contributed by atoms with Crippen LogP contribution in [-0.4, -0.2) is 57.1 Å². The normalized spacial score (nSPS) is 10.7. The van der Waals surface area contributed by atoms with Crippen LogP contribution >= 0.6 is 0 Å². The molecule has 0 saturated heterocycles. The fourth-order valence-corrected chi connectivity index (χ4v) is 1.70. The van der Waals surface area contributed by atoms with Gasteiger partial charge in [-0.05, 0) is 13.8 Å². The summed E-state index contributed by atoms with van der Waals surface area (Å²) in [6.45, 7) is 3.77. The summed E-state index contributed by atoms with van der Waals surface area (Å²) in [4.78, 5) is 13.4. The van der Waals surface area contributed by atoms with Gasteiger partial charge < -0.3 is 20.8 Å². The van der Waals surface area contributed by atoms with Crippen LogP contribution in [0.15, 0.2) is 0 Å². The number of nitrogens with two attached hydrogens (primary N) is 1. The van der Waals surface area contributed by atoms with Crippen LogP contribution in [0.3, 0.4) is 0 Å². The average Bonchev–Trinajstić information content (AvgIpc) is 2.57. The first-order chi connectivity index (χ1) is 8.51. The summed E-state index contributed by atoms with van der Waals surface area (Å²) >= 11 is 0. The Bertz CT molecular complexity index is 411. The van der Waals surface area contributed by atoms with E-state index in [1.165, 1.54) is 9.58 Å². The van der Waals surface area contributed by atoms with Crippen molar-refractivity contribution in [1.29, 1.82) is 0 Å². The van der Waals surface area contributed by atoms with E-state index >= 15 is 0 Å². The molecule has 4 N–H and O–H groups in total. The molecule has 0 saturated carbocycles. The van der Waals surface area contributed by atoms with Crippen molar-refractivity contribution in [3.8, 4) is 0 Å². The van der Waals surface area contributed by atoms with E-state index in [0.717, 1.165) is 5.69 Å². The third-order valence-corrected chi connectivity index (χ3v) is 2.82. The molecule has 7 nitrogen and oxygen atoms in total. The van der Waals surface area contributed by atoms with Gasteiger partial charge in [-0.2, -0.15) is 5.10 Å². The highest BCUT2D eigenvalue weighted by atomic mass is 16.3. The van der Waals surface area contributed by atoms with Crippen molar-refractivity contribution in [2.45, 2.75) is 20.4 Å². The number of rotatable bonds is 6. The lowest BCUT2D eigenvalue weighted by molar-refractivity contribution is -0.133. The van der Waals surface area contributed by atoms with Gasteiger partial charge in [0.15, 0.2) is 0 Å². The van der Waals surface area contributed by atoms with Crippen LogP contribution in [0, 0.1) is 13.8 Å². The molecule has 18 heavy (non-hydrogen) atoms. The van der Waals surface area contributed by atoms with Gasteiger partial charge in [-0.25, -0.2) is 0 Å². The predicted molar refractivity (Wildman–Crippen MR) is 66.9 cm³/mol. The molecule has 1 amide bonds. The van der Waals surface area contributed by atoms with Crippen LogP contribution in [-0.2, 0) is 11.3 Å². The maximum Gasteiger partial charge on any atom is 0.244 e. The van der Waals surface area contributed by atoms with Crippen molar-refractivity contribution in [3.63, 3.8) is 0 Å². The van der Waals surface area contributed by atoms with Gasteiger partial charge in [0.05, 0.1) is 30.3 Å². The number of hydrogen-bond donors (Lipinski definition) is 3. The molecule has 0 unspecified atom stereocenters. The maximum atomic E-state index is 12.0. The summed E-state index contributed by atoms with van der Waals surface area (Å²) in [5.41, 5.74) is 7.80. The summed E-state index contributed by atoms with van der Waals surface area (Å²) in [7, 11) is 0. The molecule has 0 aromatic carbocycles. The fraction of sp³-hybridized carbons (Fsp3) is 0.636. The minimum atomic E-state index is -0.205. The number of aliphatic hydroxyl groups excluding tert-OH is 2. The average molecular weight is 256 g/mol. The van der Waals surface area contributed by atoms with Crippen molar-refractivity contribution in [3.05, 3.63) is 11.4 Å². The van der Waals surface area contributed by atoms with E-state index < -0.39 is 0 Å². The van der Waals surface area contributed by atoms with E-state index in [0.29, 0.717) is 11.4 Å². The van der Waals surface area contributed by atoms with Gasteiger partial charge in [-0.3, -0.25) is 9.48 Å². The smallest absolute Gasteiger partial charge is 0.244 e. The van der Waals surface area contributed by atoms with Gasteiger partial charge in [0.2, 0.25) is 5.91 Å². The number of aliphatic hydroxyl groups is 2. The molecule has 0 radical (unpaired) electrons. The summed E-state index contributed by atoms with van der Waals surface area (Å²) in [5, 5.41) is 21.9. The molecule has 7 heteroatoms. The highest BCUT2D eigenvalue weighted by molar-refractivity contribution is 5.76. The Morgan fingerprint density at radius 1 is 1.33 bits per heavy atom. The van der Waals surface area contributed by atoms with E-state index in [2.05, 4.69) is 5.10 Å². The molecule has 1 aromatic heterocycles. The number of hydrogen-bond acceptors (Lipinski definition) is 5. The number of amides is 1. The first-order valence-electron chi connectivity index (χ1n) is 5.80. The summed E-state index contributed by atoms with van der Waals surface area (Å²) in [5.74, 6) is -0.205. The summed E-state index contributed by atoms with van der Waals surface area (Å²) < 4.78 is 1.54. The molecule has 0 bridgehead atoms. The lowest BCUT2D eigenvalue weighted by Gasteiger charge is -2.20. The molecule has 0 aliphatic heterocycles. The number of aryl methyl sites for hydroxylation is 1. The number of carbonyl (C=O) groups is 1. The SMILES string of the molecule is Cc1nn(CC(=O)N(CCO)CCO)c(C)c1N. The predicted octanol–water partition coefficient (Wildman–Crippen LogP) is -1.10. The largest absolute Gasteiger partial charge is 0.396 e. The molecule has 0 spiro atoms. The quantitative estimate of drug-likeness (QED) is 0.599. The Labute approximate surface area is 106 Å². The lowest BCUT2D eigenvalue weighted by atomic mass is 10.3. The van der Waals surface area contributed by atoms with Gasteiger partial charge in [-0.1, -0.05) is 0 Å². The molecule has 0 atom stereocenters. The molecule has 0 fully saturated rings. The van der Waals surface area contributed by atoms with Crippen molar-refractivity contribution < 1.29 is 15.0 Å². The highest BCUT2D eigenvalue weighted by Gasteiger charge is 2.16. The Kier molecular flexibility index (Phi) is 5.11. The highest BCUT2D eigenvalue weighted by Crippen LogP contribution is 2.14. The second-order valence-electron chi connectivity index (χ2n) is 4.07.